The molecule has 3 amide bonds. The number of benzene rings is 3. The van der Waals surface area contributed by atoms with Crippen LogP contribution >= 0.6 is 11.6 Å². The van der Waals surface area contributed by atoms with Crippen LogP contribution in [0.3, 0.4) is 0 Å². The summed E-state index contributed by atoms with van der Waals surface area (Å²) in [7, 11) is 0. The lowest BCUT2D eigenvalue weighted by molar-refractivity contribution is -0.121. The molecule has 0 radical (unpaired) electrons. The standard InChI is InChI=1S/C28H28ClN3O3/c29-24-11-5-4-10-23(24)27(34)31-25(21-8-2-1-3-9-21)18-26(33)30-19-20-12-14-22(15-13-20)28(35)32-16-6-7-17-32/h1-5,8-15,25H,6-7,16-19H2,(H,30,33)(H,31,34). The molecule has 6 nitrogen and oxygen atoms in total. The Balaban J connectivity index is 1.37. The molecule has 1 aliphatic heterocycles. The Hall–Kier alpha value is -3.64. The molecule has 1 saturated heterocycles. The first-order chi connectivity index (χ1) is 17.0. The number of likely N-dealkylation sites (tertiary alicyclic amines) is 1. The van der Waals surface area contributed by atoms with Crippen molar-refractivity contribution in [3.63, 3.8) is 0 Å². The van der Waals surface area contributed by atoms with Crippen molar-refractivity contribution in [3.8, 4) is 0 Å². The number of carbonyl (C=O) groups is 3. The first-order valence-electron chi connectivity index (χ1n) is 11.8. The number of nitrogens with zero attached hydrogens (tertiary/aromatic N) is 1. The maximum absolute atomic E-state index is 12.8. The highest BCUT2D eigenvalue weighted by Crippen LogP contribution is 2.20. The Morgan fingerprint density at radius 3 is 2.20 bits per heavy atom. The summed E-state index contributed by atoms with van der Waals surface area (Å²) in [6.45, 7) is 1.95. The summed E-state index contributed by atoms with van der Waals surface area (Å²) in [5.74, 6) is -0.482. The lowest BCUT2D eigenvalue weighted by Crippen LogP contribution is -2.33. The van der Waals surface area contributed by atoms with Gasteiger partial charge in [-0.15, -0.1) is 0 Å². The van der Waals surface area contributed by atoms with Crippen molar-refractivity contribution < 1.29 is 14.4 Å². The number of amides is 3. The second kappa shape index (κ2) is 11.7. The van der Waals surface area contributed by atoms with Crippen LogP contribution in [0.15, 0.2) is 78.9 Å². The third kappa shape index (κ3) is 6.49. The van der Waals surface area contributed by atoms with E-state index < -0.39 is 6.04 Å². The fourth-order valence-electron chi connectivity index (χ4n) is 4.15. The largest absolute Gasteiger partial charge is 0.352 e. The second-order valence-corrected chi connectivity index (χ2v) is 9.00. The van der Waals surface area contributed by atoms with Gasteiger partial charge >= 0.3 is 0 Å². The first-order valence-corrected chi connectivity index (χ1v) is 12.1. The molecule has 0 aliphatic carbocycles. The number of hydrogen-bond acceptors (Lipinski definition) is 3. The van der Waals surface area contributed by atoms with E-state index in [0.29, 0.717) is 22.7 Å². The van der Waals surface area contributed by atoms with Crippen LogP contribution in [0, 0.1) is 0 Å². The minimum atomic E-state index is -0.513. The molecule has 3 aromatic rings. The minimum absolute atomic E-state index is 0.0537. The van der Waals surface area contributed by atoms with Gasteiger partial charge in [-0.1, -0.05) is 66.2 Å². The quantitative estimate of drug-likeness (QED) is 0.479. The maximum Gasteiger partial charge on any atom is 0.253 e. The predicted octanol–water partition coefficient (Wildman–Crippen LogP) is 4.75. The second-order valence-electron chi connectivity index (χ2n) is 8.59. The summed E-state index contributed by atoms with van der Waals surface area (Å²) >= 11 is 6.18. The maximum atomic E-state index is 12.8. The summed E-state index contributed by atoms with van der Waals surface area (Å²) in [5.41, 5.74) is 2.74. The van der Waals surface area contributed by atoms with Crippen molar-refractivity contribution in [1.29, 1.82) is 0 Å². The van der Waals surface area contributed by atoms with Gasteiger partial charge in [0.1, 0.15) is 0 Å². The molecule has 1 heterocycles. The lowest BCUT2D eigenvalue weighted by atomic mass is 10.0. The third-order valence-electron chi connectivity index (χ3n) is 6.10. The van der Waals surface area contributed by atoms with Crippen molar-refractivity contribution in [2.45, 2.75) is 31.8 Å². The van der Waals surface area contributed by atoms with Gasteiger partial charge in [-0.05, 0) is 48.2 Å². The predicted molar refractivity (Wildman–Crippen MR) is 136 cm³/mol. The summed E-state index contributed by atoms with van der Waals surface area (Å²) < 4.78 is 0. The molecular formula is C28H28ClN3O3. The smallest absolute Gasteiger partial charge is 0.253 e. The van der Waals surface area contributed by atoms with Crippen molar-refractivity contribution in [3.05, 3.63) is 106 Å². The highest BCUT2D eigenvalue weighted by Gasteiger charge is 2.21. The molecule has 0 saturated carbocycles. The molecule has 180 valence electrons. The van der Waals surface area contributed by atoms with Crippen LogP contribution in [0.5, 0.6) is 0 Å². The van der Waals surface area contributed by atoms with E-state index in [1.165, 1.54) is 0 Å². The normalized spacial score (nSPS) is 13.8. The highest BCUT2D eigenvalue weighted by molar-refractivity contribution is 6.33. The molecule has 1 aliphatic rings. The molecule has 7 heteroatoms. The topological polar surface area (TPSA) is 78.5 Å². The van der Waals surface area contributed by atoms with Crippen LogP contribution in [-0.2, 0) is 11.3 Å². The van der Waals surface area contributed by atoms with Crippen LogP contribution in [-0.4, -0.2) is 35.7 Å². The minimum Gasteiger partial charge on any atom is -0.352 e. The average molecular weight is 490 g/mol. The van der Waals surface area contributed by atoms with Crippen LogP contribution in [0.1, 0.15) is 57.1 Å². The molecule has 35 heavy (non-hydrogen) atoms. The molecule has 1 fully saturated rings. The molecule has 4 rings (SSSR count). The fraction of sp³-hybridized carbons (Fsp3) is 0.250. The Morgan fingerprint density at radius 1 is 0.857 bits per heavy atom. The molecule has 3 aromatic carbocycles. The Bertz CT molecular complexity index is 1180. The summed E-state index contributed by atoms with van der Waals surface area (Å²) in [6.07, 6.45) is 2.18. The van der Waals surface area contributed by atoms with E-state index in [9.17, 15) is 14.4 Å². The zero-order chi connectivity index (χ0) is 24.6. The van der Waals surface area contributed by atoms with E-state index in [-0.39, 0.29) is 24.1 Å². The van der Waals surface area contributed by atoms with Gasteiger partial charge < -0.3 is 15.5 Å². The van der Waals surface area contributed by atoms with Gasteiger partial charge in [0, 0.05) is 25.2 Å². The van der Waals surface area contributed by atoms with Gasteiger partial charge in [0.25, 0.3) is 11.8 Å². The summed E-state index contributed by atoms with van der Waals surface area (Å²) in [6, 6.07) is 23.0. The monoisotopic (exact) mass is 489 g/mol. The van der Waals surface area contributed by atoms with E-state index in [1.54, 1.807) is 36.4 Å². The van der Waals surface area contributed by atoms with Gasteiger partial charge in [-0.2, -0.15) is 0 Å². The van der Waals surface area contributed by atoms with E-state index in [2.05, 4.69) is 10.6 Å². The van der Waals surface area contributed by atoms with E-state index >= 15 is 0 Å². The molecule has 2 N–H and O–H groups in total. The molecule has 0 aromatic heterocycles. The van der Waals surface area contributed by atoms with Crippen molar-refractivity contribution in [2.75, 3.05) is 13.1 Å². The fourth-order valence-corrected chi connectivity index (χ4v) is 4.37. The van der Waals surface area contributed by atoms with Gasteiger partial charge in [-0.25, -0.2) is 0 Å². The SMILES string of the molecule is O=C(CC(NC(=O)c1ccccc1Cl)c1ccccc1)NCc1ccc(C(=O)N2CCCC2)cc1. The van der Waals surface area contributed by atoms with Gasteiger partial charge in [0.05, 0.1) is 23.0 Å². The van der Waals surface area contributed by atoms with Crippen molar-refractivity contribution in [2.24, 2.45) is 0 Å². The number of hydrogen-bond donors (Lipinski definition) is 2. The first kappa shape index (κ1) is 24.5. The number of rotatable bonds is 8. The van der Waals surface area contributed by atoms with Crippen LogP contribution in [0.25, 0.3) is 0 Å². The summed E-state index contributed by atoms with van der Waals surface area (Å²) in [4.78, 5) is 40.0. The third-order valence-corrected chi connectivity index (χ3v) is 6.43. The number of nitrogens with one attached hydrogen (secondary N) is 2. The molecule has 0 spiro atoms. The van der Waals surface area contributed by atoms with Crippen LogP contribution in [0.4, 0.5) is 0 Å². The van der Waals surface area contributed by atoms with Gasteiger partial charge in [0.2, 0.25) is 5.91 Å². The van der Waals surface area contributed by atoms with Crippen LogP contribution in [0.2, 0.25) is 5.02 Å². The average Bonchev–Trinajstić information content (AvgIpc) is 3.43. The van der Waals surface area contributed by atoms with Gasteiger partial charge in [-0.3, -0.25) is 14.4 Å². The van der Waals surface area contributed by atoms with E-state index in [4.69, 9.17) is 11.6 Å². The van der Waals surface area contributed by atoms with E-state index in [0.717, 1.165) is 37.1 Å². The summed E-state index contributed by atoms with van der Waals surface area (Å²) in [5, 5.41) is 6.21. The molecule has 0 bridgehead atoms. The Labute approximate surface area is 210 Å². The van der Waals surface area contributed by atoms with Crippen molar-refractivity contribution in [1.82, 2.24) is 15.5 Å². The molecule has 1 atom stereocenters. The van der Waals surface area contributed by atoms with E-state index in [1.807, 2.05) is 47.4 Å². The van der Waals surface area contributed by atoms with Crippen molar-refractivity contribution >= 4 is 29.3 Å². The zero-order valence-electron chi connectivity index (χ0n) is 19.4. The Morgan fingerprint density at radius 2 is 1.51 bits per heavy atom. The molecular weight excluding hydrogens is 462 g/mol. The number of halogens is 1. The lowest BCUT2D eigenvalue weighted by Gasteiger charge is -2.19. The zero-order valence-corrected chi connectivity index (χ0v) is 20.1. The number of carbonyl (C=O) groups excluding carboxylic acids is 3. The van der Waals surface area contributed by atoms with Gasteiger partial charge in [0.15, 0.2) is 0 Å². The molecule has 1 unspecified atom stereocenters. The highest BCUT2D eigenvalue weighted by atomic mass is 35.5. The van der Waals surface area contributed by atoms with Crippen LogP contribution < -0.4 is 10.6 Å². The Kier molecular flexibility index (Phi) is 8.16.